The Morgan fingerprint density at radius 1 is 1.11 bits per heavy atom. The molecule has 0 N–H and O–H groups in total. The van der Waals surface area contributed by atoms with Gasteiger partial charge in [-0.1, -0.05) is 0 Å². The number of pyridine rings is 1. The number of rotatable bonds is 3. The van der Waals surface area contributed by atoms with Gasteiger partial charge in [-0.2, -0.15) is 0 Å². The molecule has 4 nitrogen and oxygen atoms in total. The lowest BCUT2D eigenvalue weighted by Gasteiger charge is -2.17. The van der Waals surface area contributed by atoms with Crippen molar-refractivity contribution in [3.8, 4) is 5.75 Å². The van der Waals surface area contributed by atoms with Gasteiger partial charge in [-0.3, -0.25) is 9.78 Å². The Morgan fingerprint density at radius 3 is 2.28 bits per heavy atom. The van der Waals surface area contributed by atoms with Crippen LogP contribution in [0.4, 0.5) is 5.69 Å². The van der Waals surface area contributed by atoms with Gasteiger partial charge in [0, 0.05) is 30.7 Å². The number of hydrogen-bond donors (Lipinski definition) is 0. The van der Waals surface area contributed by atoms with Gasteiger partial charge in [0.15, 0.2) is 0 Å². The maximum atomic E-state index is 12.2. The van der Waals surface area contributed by atoms with Crippen molar-refractivity contribution in [3.63, 3.8) is 0 Å². The number of carbonyl (C=O) groups excluding carboxylic acids is 1. The molecule has 1 heterocycles. The zero-order valence-electron chi connectivity index (χ0n) is 10.3. The molecular weight excluding hydrogens is 228 g/mol. The summed E-state index contributed by atoms with van der Waals surface area (Å²) in [6.07, 6.45) is 3.32. The van der Waals surface area contributed by atoms with Crippen molar-refractivity contribution in [2.24, 2.45) is 0 Å². The molecule has 0 atom stereocenters. The van der Waals surface area contributed by atoms with Crippen molar-refractivity contribution in [1.29, 1.82) is 0 Å². The molecular formula is C14H14N2O2. The summed E-state index contributed by atoms with van der Waals surface area (Å²) in [4.78, 5) is 17.7. The Bertz CT molecular complexity index is 523. The van der Waals surface area contributed by atoms with E-state index >= 15 is 0 Å². The quantitative estimate of drug-likeness (QED) is 0.829. The highest BCUT2D eigenvalue weighted by atomic mass is 16.5. The van der Waals surface area contributed by atoms with E-state index in [1.165, 1.54) is 0 Å². The molecule has 0 aliphatic rings. The number of anilines is 1. The van der Waals surface area contributed by atoms with Crippen LogP contribution in [0.2, 0.25) is 0 Å². The van der Waals surface area contributed by atoms with Gasteiger partial charge in [0.2, 0.25) is 0 Å². The van der Waals surface area contributed by atoms with E-state index in [2.05, 4.69) is 4.98 Å². The molecule has 1 aromatic heterocycles. The Kier molecular flexibility index (Phi) is 3.57. The molecule has 1 aromatic carbocycles. The van der Waals surface area contributed by atoms with E-state index in [4.69, 9.17) is 4.74 Å². The van der Waals surface area contributed by atoms with Crippen molar-refractivity contribution in [2.45, 2.75) is 0 Å². The van der Waals surface area contributed by atoms with E-state index in [1.807, 2.05) is 0 Å². The summed E-state index contributed by atoms with van der Waals surface area (Å²) < 4.78 is 5.06. The topological polar surface area (TPSA) is 42.4 Å². The summed E-state index contributed by atoms with van der Waals surface area (Å²) in [6.45, 7) is 0. The van der Waals surface area contributed by atoms with E-state index < -0.39 is 0 Å². The molecule has 4 heteroatoms. The fraction of sp³-hybridized carbons (Fsp3) is 0.143. The number of aromatic nitrogens is 1. The van der Waals surface area contributed by atoms with E-state index in [-0.39, 0.29) is 5.91 Å². The molecule has 0 aliphatic carbocycles. The number of carbonyl (C=O) groups is 1. The summed E-state index contributed by atoms with van der Waals surface area (Å²) >= 11 is 0. The van der Waals surface area contributed by atoms with Crippen LogP contribution in [0.3, 0.4) is 0 Å². The van der Waals surface area contributed by atoms with Crippen molar-refractivity contribution in [3.05, 3.63) is 54.4 Å². The van der Waals surface area contributed by atoms with Crippen molar-refractivity contribution in [2.75, 3.05) is 19.1 Å². The van der Waals surface area contributed by atoms with Crippen molar-refractivity contribution >= 4 is 11.6 Å². The highest BCUT2D eigenvalue weighted by molar-refractivity contribution is 6.05. The van der Waals surface area contributed by atoms with Crippen LogP contribution in [0.5, 0.6) is 5.75 Å². The minimum Gasteiger partial charge on any atom is -0.497 e. The highest BCUT2D eigenvalue weighted by Crippen LogP contribution is 2.16. The van der Waals surface area contributed by atoms with E-state index in [1.54, 1.807) is 67.8 Å². The molecule has 2 aromatic rings. The highest BCUT2D eigenvalue weighted by Gasteiger charge is 2.12. The zero-order valence-corrected chi connectivity index (χ0v) is 10.3. The van der Waals surface area contributed by atoms with Gasteiger partial charge in [-0.05, 0) is 36.4 Å². The average Bonchev–Trinajstić information content (AvgIpc) is 2.47. The van der Waals surface area contributed by atoms with Gasteiger partial charge in [-0.15, -0.1) is 0 Å². The largest absolute Gasteiger partial charge is 0.497 e. The molecule has 18 heavy (non-hydrogen) atoms. The van der Waals surface area contributed by atoms with Crippen LogP contribution >= 0.6 is 0 Å². The first-order valence-corrected chi connectivity index (χ1v) is 5.54. The van der Waals surface area contributed by atoms with Gasteiger partial charge in [-0.25, -0.2) is 0 Å². The predicted molar refractivity (Wildman–Crippen MR) is 70.0 cm³/mol. The SMILES string of the molecule is COc1ccc(C(=O)N(C)c2ccncc2)cc1. The predicted octanol–water partition coefficient (Wildman–Crippen LogP) is 2.37. The molecule has 0 radical (unpaired) electrons. The summed E-state index contributed by atoms with van der Waals surface area (Å²) in [5.41, 5.74) is 1.43. The van der Waals surface area contributed by atoms with Gasteiger partial charge in [0.1, 0.15) is 5.75 Å². The third-order valence-electron chi connectivity index (χ3n) is 2.69. The second kappa shape index (κ2) is 5.31. The molecule has 0 fully saturated rings. The van der Waals surface area contributed by atoms with E-state index in [9.17, 15) is 4.79 Å². The maximum Gasteiger partial charge on any atom is 0.258 e. The third-order valence-corrected chi connectivity index (χ3v) is 2.69. The summed E-state index contributed by atoms with van der Waals surface area (Å²) in [5.74, 6) is 0.668. The van der Waals surface area contributed by atoms with Gasteiger partial charge < -0.3 is 9.64 Å². The van der Waals surface area contributed by atoms with Crippen LogP contribution in [-0.2, 0) is 0 Å². The lowest BCUT2D eigenvalue weighted by atomic mass is 10.2. The Morgan fingerprint density at radius 2 is 1.72 bits per heavy atom. The first-order chi connectivity index (χ1) is 8.72. The molecule has 0 saturated heterocycles. The molecule has 0 spiro atoms. The molecule has 0 unspecified atom stereocenters. The van der Waals surface area contributed by atoms with Crippen LogP contribution in [0.25, 0.3) is 0 Å². The monoisotopic (exact) mass is 242 g/mol. The smallest absolute Gasteiger partial charge is 0.258 e. The molecule has 2 rings (SSSR count). The Balaban J connectivity index is 2.20. The summed E-state index contributed by atoms with van der Waals surface area (Å²) in [5, 5.41) is 0. The second-order valence-corrected chi connectivity index (χ2v) is 3.80. The van der Waals surface area contributed by atoms with Crippen LogP contribution in [0, 0.1) is 0 Å². The van der Waals surface area contributed by atoms with Crippen molar-refractivity contribution < 1.29 is 9.53 Å². The molecule has 92 valence electrons. The summed E-state index contributed by atoms with van der Waals surface area (Å²) in [7, 11) is 3.34. The minimum absolute atomic E-state index is 0.0659. The first-order valence-electron chi connectivity index (χ1n) is 5.54. The molecule has 0 aliphatic heterocycles. The van der Waals surface area contributed by atoms with Crippen LogP contribution in [0.15, 0.2) is 48.8 Å². The maximum absolute atomic E-state index is 12.2. The molecule has 1 amide bonds. The first kappa shape index (κ1) is 12.1. The normalized spacial score (nSPS) is 9.89. The van der Waals surface area contributed by atoms with Crippen LogP contribution in [0.1, 0.15) is 10.4 Å². The van der Waals surface area contributed by atoms with Crippen molar-refractivity contribution in [1.82, 2.24) is 4.98 Å². The van der Waals surface area contributed by atoms with Gasteiger partial charge >= 0.3 is 0 Å². The van der Waals surface area contributed by atoms with E-state index in [0.29, 0.717) is 5.56 Å². The van der Waals surface area contributed by atoms with Crippen LogP contribution in [-0.4, -0.2) is 25.0 Å². The number of nitrogens with zero attached hydrogens (tertiary/aromatic N) is 2. The zero-order chi connectivity index (χ0) is 13.0. The standard InChI is InChI=1S/C14H14N2O2/c1-16(12-7-9-15-10-8-12)14(17)11-3-5-13(18-2)6-4-11/h3-10H,1-2H3. The van der Waals surface area contributed by atoms with Gasteiger partial charge in [0.05, 0.1) is 7.11 Å². The van der Waals surface area contributed by atoms with Gasteiger partial charge in [0.25, 0.3) is 5.91 Å². The molecule has 0 bridgehead atoms. The Hall–Kier alpha value is -2.36. The van der Waals surface area contributed by atoms with Crippen LogP contribution < -0.4 is 9.64 Å². The fourth-order valence-corrected chi connectivity index (χ4v) is 1.61. The number of hydrogen-bond acceptors (Lipinski definition) is 3. The molecule has 0 saturated carbocycles. The number of amides is 1. The lowest BCUT2D eigenvalue weighted by molar-refractivity contribution is 0.0993. The minimum atomic E-state index is -0.0659. The average molecular weight is 242 g/mol. The number of benzene rings is 1. The Labute approximate surface area is 106 Å². The lowest BCUT2D eigenvalue weighted by Crippen LogP contribution is -2.26. The number of ether oxygens (including phenoxy) is 1. The number of methoxy groups -OCH3 is 1. The summed E-state index contributed by atoms with van der Waals surface area (Å²) in [6, 6.07) is 10.6. The third kappa shape index (κ3) is 2.48. The second-order valence-electron chi connectivity index (χ2n) is 3.80. The fourth-order valence-electron chi connectivity index (χ4n) is 1.61. The van der Waals surface area contributed by atoms with E-state index in [0.717, 1.165) is 11.4 Å².